The lowest BCUT2D eigenvalue weighted by Crippen LogP contribution is -2.09. The Kier molecular flexibility index (Phi) is 2.47. The third-order valence-corrected chi connectivity index (χ3v) is 1.91. The van der Waals surface area contributed by atoms with Gasteiger partial charge >= 0.3 is 0 Å². The van der Waals surface area contributed by atoms with E-state index in [4.69, 9.17) is 11.0 Å². The van der Waals surface area contributed by atoms with Crippen molar-refractivity contribution in [1.82, 2.24) is 0 Å². The van der Waals surface area contributed by atoms with Gasteiger partial charge in [-0.2, -0.15) is 5.26 Å². The Morgan fingerprint density at radius 3 is 2.67 bits per heavy atom. The summed E-state index contributed by atoms with van der Waals surface area (Å²) in [4.78, 5) is 0. The molecule has 0 aliphatic carbocycles. The summed E-state index contributed by atoms with van der Waals surface area (Å²) in [7, 11) is 0. The highest BCUT2D eigenvalue weighted by Gasteiger charge is 2.06. The number of hydrogen-bond donors (Lipinski definition) is 1. The first kappa shape index (κ1) is 8.76. The van der Waals surface area contributed by atoms with Crippen LogP contribution in [0.3, 0.4) is 0 Å². The second-order valence-corrected chi connectivity index (χ2v) is 2.97. The van der Waals surface area contributed by atoms with Crippen LogP contribution in [-0.4, -0.2) is 0 Å². The monoisotopic (exact) mass is 160 g/mol. The van der Waals surface area contributed by atoms with Crippen molar-refractivity contribution in [2.75, 3.05) is 0 Å². The molecule has 1 rings (SSSR count). The van der Waals surface area contributed by atoms with Gasteiger partial charge in [0.2, 0.25) is 0 Å². The molecule has 0 saturated carbocycles. The molecule has 0 aliphatic rings. The molecule has 1 atom stereocenters. The Hall–Kier alpha value is -1.33. The van der Waals surface area contributed by atoms with Crippen molar-refractivity contribution in [1.29, 1.82) is 5.26 Å². The second-order valence-electron chi connectivity index (χ2n) is 2.97. The first-order valence-electron chi connectivity index (χ1n) is 3.87. The van der Waals surface area contributed by atoms with Crippen molar-refractivity contribution in [2.45, 2.75) is 19.9 Å². The predicted molar refractivity (Wildman–Crippen MR) is 48.5 cm³/mol. The fourth-order valence-corrected chi connectivity index (χ4v) is 1.16. The summed E-state index contributed by atoms with van der Waals surface area (Å²) in [6.45, 7) is 3.96. The quantitative estimate of drug-likeness (QED) is 0.681. The van der Waals surface area contributed by atoms with Crippen LogP contribution in [0, 0.1) is 25.2 Å². The highest BCUT2D eigenvalue weighted by molar-refractivity contribution is 5.35. The summed E-state index contributed by atoms with van der Waals surface area (Å²) >= 11 is 0. The van der Waals surface area contributed by atoms with Gasteiger partial charge < -0.3 is 5.73 Å². The van der Waals surface area contributed by atoms with Gasteiger partial charge in [0.1, 0.15) is 6.04 Å². The molecular weight excluding hydrogens is 148 g/mol. The normalized spacial score (nSPS) is 12.2. The van der Waals surface area contributed by atoms with Gasteiger partial charge in [-0.25, -0.2) is 0 Å². The molecule has 0 spiro atoms. The smallest absolute Gasteiger partial charge is 0.119 e. The van der Waals surface area contributed by atoms with E-state index in [1.807, 2.05) is 38.1 Å². The molecule has 0 bridgehead atoms. The molecule has 2 heteroatoms. The van der Waals surface area contributed by atoms with Crippen molar-refractivity contribution in [3.63, 3.8) is 0 Å². The van der Waals surface area contributed by atoms with Crippen LogP contribution >= 0.6 is 0 Å². The average Bonchev–Trinajstić information content (AvgIpc) is 2.08. The number of nitrogens with zero attached hydrogens (tertiary/aromatic N) is 1. The molecule has 62 valence electrons. The van der Waals surface area contributed by atoms with Crippen LogP contribution in [0.4, 0.5) is 0 Å². The van der Waals surface area contributed by atoms with Gasteiger partial charge in [-0.3, -0.25) is 0 Å². The van der Waals surface area contributed by atoms with Gasteiger partial charge in [-0.1, -0.05) is 23.8 Å². The largest absolute Gasteiger partial charge is 0.312 e. The molecule has 1 unspecified atom stereocenters. The maximum atomic E-state index is 8.63. The molecule has 2 N–H and O–H groups in total. The minimum Gasteiger partial charge on any atom is -0.312 e. The lowest BCUT2D eigenvalue weighted by molar-refractivity contribution is 0.911. The van der Waals surface area contributed by atoms with Crippen LogP contribution in [0.15, 0.2) is 18.2 Å². The van der Waals surface area contributed by atoms with E-state index in [0.29, 0.717) is 0 Å². The van der Waals surface area contributed by atoms with Gasteiger partial charge in [0.05, 0.1) is 6.07 Å². The van der Waals surface area contributed by atoms with E-state index >= 15 is 0 Å². The first-order chi connectivity index (χ1) is 5.65. The van der Waals surface area contributed by atoms with Gasteiger partial charge in [-0.05, 0) is 25.0 Å². The molecule has 0 aromatic heterocycles. The maximum absolute atomic E-state index is 8.63. The Bertz CT molecular complexity index is 323. The highest BCUT2D eigenvalue weighted by Crippen LogP contribution is 2.16. The summed E-state index contributed by atoms with van der Waals surface area (Å²) in [6.07, 6.45) is 0. The van der Waals surface area contributed by atoms with E-state index in [1.54, 1.807) is 0 Å². The van der Waals surface area contributed by atoms with E-state index < -0.39 is 6.04 Å². The maximum Gasteiger partial charge on any atom is 0.119 e. The number of nitriles is 1. The average molecular weight is 160 g/mol. The van der Waals surface area contributed by atoms with Crippen molar-refractivity contribution in [3.05, 3.63) is 34.9 Å². The van der Waals surface area contributed by atoms with Crippen molar-refractivity contribution in [3.8, 4) is 6.07 Å². The molecule has 0 aliphatic heterocycles. The fraction of sp³-hybridized carbons (Fsp3) is 0.300. The van der Waals surface area contributed by atoms with Crippen LogP contribution in [0.5, 0.6) is 0 Å². The minimum atomic E-state index is -0.495. The van der Waals surface area contributed by atoms with Crippen LogP contribution < -0.4 is 5.73 Å². The van der Waals surface area contributed by atoms with Crippen LogP contribution in [0.25, 0.3) is 0 Å². The SMILES string of the molecule is Cc1ccc(C)c(C(N)C#N)c1. The Morgan fingerprint density at radius 1 is 1.42 bits per heavy atom. The summed E-state index contributed by atoms with van der Waals surface area (Å²) in [6, 6.07) is 7.50. The summed E-state index contributed by atoms with van der Waals surface area (Å²) < 4.78 is 0. The summed E-state index contributed by atoms with van der Waals surface area (Å²) in [5.41, 5.74) is 8.75. The minimum absolute atomic E-state index is 0.495. The third kappa shape index (κ3) is 1.63. The molecule has 12 heavy (non-hydrogen) atoms. The molecule has 0 amide bonds. The zero-order chi connectivity index (χ0) is 9.14. The van der Waals surface area contributed by atoms with Crippen LogP contribution in [0.1, 0.15) is 22.7 Å². The van der Waals surface area contributed by atoms with E-state index in [9.17, 15) is 0 Å². The molecular formula is C10H12N2. The van der Waals surface area contributed by atoms with E-state index in [-0.39, 0.29) is 0 Å². The highest BCUT2D eigenvalue weighted by atomic mass is 14.6. The lowest BCUT2D eigenvalue weighted by atomic mass is 10.0. The third-order valence-electron chi connectivity index (χ3n) is 1.91. The van der Waals surface area contributed by atoms with Crippen molar-refractivity contribution < 1.29 is 0 Å². The van der Waals surface area contributed by atoms with Gasteiger partial charge in [0, 0.05) is 0 Å². The molecule has 2 nitrogen and oxygen atoms in total. The number of rotatable bonds is 1. The van der Waals surface area contributed by atoms with E-state index in [0.717, 1.165) is 16.7 Å². The molecule has 0 heterocycles. The topological polar surface area (TPSA) is 49.8 Å². The summed E-state index contributed by atoms with van der Waals surface area (Å²) in [5.74, 6) is 0. The van der Waals surface area contributed by atoms with Crippen LogP contribution in [0.2, 0.25) is 0 Å². The van der Waals surface area contributed by atoms with Gasteiger partial charge in [0.25, 0.3) is 0 Å². The molecule has 1 aromatic carbocycles. The van der Waals surface area contributed by atoms with Gasteiger partial charge in [0.15, 0.2) is 0 Å². The zero-order valence-corrected chi connectivity index (χ0v) is 7.33. The van der Waals surface area contributed by atoms with E-state index in [1.165, 1.54) is 0 Å². The molecule has 0 saturated heterocycles. The standard InChI is InChI=1S/C10H12N2/c1-7-3-4-8(2)9(5-7)10(12)6-11/h3-5,10H,12H2,1-2H3. The summed E-state index contributed by atoms with van der Waals surface area (Å²) in [5, 5.41) is 8.63. The Balaban J connectivity index is 3.15. The van der Waals surface area contributed by atoms with Crippen molar-refractivity contribution >= 4 is 0 Å². The molecule has 1 aromatic rings. The predicted octanol–water partition coefficient (Wildman–Crippen LogP) is 1.83. The molecule has 0 radical (unpaired) electrons. The lowest BCUT2D eigenvalue weighted by Gasteiger charge is -2.07. The number of nitrogens with two attached hydrogens (primary N) is 1. The van der Waals surface area contributed by atoms with Gasteiger partial charge in [-0.15, -0.1) is 0 Å². The fourth-order valence-electron chi connectivity index (χ4n) is 1.16. The zero-order valence-electron chi connectivity index (χ0n) is 7.33. The second kappa shape index (κ2) is 3.38. The molecule has 0 fully saturated rings. The van der Waals surface area contributed by atoms with Crippen molar-refractivity contribution in [2.24, 2.45) is 5.73 Å². The van der Waals surface area contributed by atoms with E-state index in [2.05, 4.69) is 0 Å². The Labute approximate surface area is 72.6 Å². The number of hydrogen-bond acceptors (Lipinski definition) is 2. The first-order valence-corrected chi connectivity index (χ1v) is 3.87. The number of aryl methyl sites for hydroxylation is 2. The number of benzene rings is 1. The van der Waals surface area contributed by atoms with Crippen LogP contribution in [-0.2, 0) is 0 Å². The Morgan fingerprint density at radius 2 is 2.08 bits per heavy atom.